The van der Waals surface area contributed by atoms with Crippen LogP contribution in [0.25, 0.3) is 0 Å². The van der Waals surface area contributed by atoms with E-state index in [1.54, 1.807) is 0 Å². The standard InChI is InChI=1S/C18H35N/c1-7-10-11-12-18(14(4)8-2)17(9-3)15(5)13-16(6)19/h7,9,14-18H,1,3,8,10-13,19H2,2,4-6H3. The second kappa shape index (κ2) is 10.3. The number of nitrogens with two attached hydrogens (primary N) is 1. The van der Waals surface area contributed by atoms with Crippen molar-refractivity contribution in [1.29, 1.82) is 0 Å². The van der Waals surface area contributed by atoms with Gasteiger partial charge in [0.25, 0.3) is 0 Å². The van der Waals surface area contributed by atoms with E-state index in [1.807, 2.05) is 6.08 Å². The van der Waals surface area contributed by atoms with Gasteiger partial charge in [0.15, 0.2) is 0 Å². The molecule has 0 heterocycles. The lowest BCUT2D eigenvalue weighted by atomic mass is 9.71. The summed E-state index contributed by atoms with van der Waals surface area (Å²) in [4.78, 5) is 0. The molecular formula is C18H35N. The largest absolute Gasteiger partial charge is 0.328 e. The fourth-order valence-corrected chi connectivity index (χ4v) is 3.23. The predicted molar refractivity (Wildman–Crippen MR) is 88.1 cm³/mol. The van der Waals surface area contributed by atoms with E-state index < -0.39 is 0 Å². The van der Waals surface area contributed by atoms with Gasteiger partial charge in [-0.1, -0.05) is 39.3 Å². The summed E-state index contributed by atoms with van der Waals surface area (Å²) in [5, 5.41) is 0. The van der Waals surface area contributed by atoms with Gasteiger partial charge in [-0.05, 0) is 56.3 Å². The minimum Gasteiger partial charge on any atom is -0.328 e. The second-order valence-corrected chi connectivity index (χ2v) is 6.27. The highest BCUT2D eigenvalue weighted by Gasteiger charge is 2.27. The van der Waals surface area contributed by atoms with Crippen molar-refractivity contribution in [2.45, 2.75) is 65.8 Å². The Morgan fingerprint density at radius 2 is 1.74 bits per heavy atom. The van der Waals surface area contributed by atoms with Crippen molar-refractivity contribution in [1.82, 2.24) is 0 Å². The lowest BCUT2D eigenvalue weighted by Crippen LogP contribution is -2.29. The van der Waals surface area contributed by atoms with Crippen molar-refractivity contribution < 1.29 is 0 Å². The number of rotatable bonds is 11. The maximum absolute atomic E-state index is 5.97. The molecule has 1 heteroatoms. The van der Waals surface area contributed by atoms with Gasteiger partial charge in [-0.2, -0.15) is 0 Å². The van der Waals surface area contributed by atoms with Crippen LogP contribution in [0.4, 0.5) is 0 Å². The molecule has 0 bridgehead atoms. The first-order chi connectivity index (χ1) is 8.97. The zero-order valence-electron chi connectivity index (χ0n) is 13.6. The summed E-state index contributed by atoms with van der Waals surface area (Å²) in [5.74, 6) is 2.70. The summed E-state index contributed by atoms with van der Waals surface area (Å²) >= 11 is 0. The molecule has 1 nitrogen and oxygen atoms in total. The molecule has 0 aliphatic heterocycles. The SMILES string of the molecule is C=CCCCC(C(C)CC)C(C=C)C(C)CC(C)N. The van der Waals surface area contributed by atoms with Gasteiger partial charge in [-0.15, -0.1) is 13.2 Å². The van der Waals surface area contributed by atoms with E-state index in [9.17, 15) is 0 Å². The van der Waals surface area contributed by atoms with E-state index >= 15 is 0 Å². The lowest BCUT2D eigenvalue weighted by molar-refractivity contribution is 0.189. The Morgan fingerprint density at radius 3 is 2.16 bits per heavy atom. The molecular weight excluding hydrogens is 230 g/mol. The van der Waals surface area contributed by atoms with Gasteiger partial charge in [0.05, 0.1) is 0 Å². The molecule has 0 aromatic heterocycles. The van der Waals surface area contributed by atoms with Crippen molar-refractivity contribution >= 4 is 0 Å². The number of hydrogen-bond donors (Lipinski definition) is 1. The molecule has 0 saturated carbocycles. The molecule has 0 spiro atoms. The maximum Gasteiger partial charge on any atom is 0.00132 e. The number of allylic oxidation sites excluding steroid dienone is 2. The maximum atomic E-state index is 5.97. The van der Waals surface area contributed by atoms with Crippen LogP contribution in [0, 0.1) is 23.7 Å². The second-order valence-electron chi connectivity index (χ2n) is 6.27. The summed E-state index contributed by atoms with van der Waals surface area (Å²) in [6, 6.07) is 0.281. The first-order valence-electron chi connectivity index (χ1n) is 7.96. The smallest absolute Gasteiger partial charge is 0.00132 e. The average molecular weight is 265 g/mol. The van der Waals surface area contributed by atoms with E-state index in [1.165, 1.54) is 19.3 Å². The van der Waals surface area contributed by atoms with Crippen LogP contribution < -0.4 is 5.73 Å². The summed E-state index contributed by atoms with van der Waals surface area (Å²) < 4.78 is 0. The van der Waals surface area contributed by atoms with Gasteiger partial charge in [-0.3, -0.25) is 0 Å². The molecule has 2 N–H and O–H groups in total. The van der Waals surface area contributed by atoms with Crippen LogP contribution in [0.15, 0.2) is 25.3 Å². The Kier molecular flexibility index (Phi) is 9.95. The van der Waals surface area contributed by atoms with E-state index in [0.29, 0.717) is 11.8 Å². The molecule has 0 aromatic carbocycles. The Bertz CT molecular complexity index is 244. The Labute approximate surface area is 121 Å². The monoisotopic (exact) mass is 265 g/mol. The molecule has 5 unspecified atom stereocenters. The first-order valence-corrected chi connectivity index (χ1v) is 7.96. The average Bonchev–Trinajstić information content (AvgIpc) is 2.36. The fourth-order valence-electron chi connectivity index (χ4n) is 3.23. The zero-order valence-corrected chi connectivity index (χ0v) is 13.6. The molecule has 0 rings (SSSR count). The molecule has 19 heavy (non-hydrogen) atoms. The highest BCUT2D eigenvalue weighted by atomic mass is 14.6. The minimum absolute atomic E-state index is 0.281. The van der Waals surface area contributed by atoms with E-state index in [-0.39, 0.29) is 6.04 Å². The molecule has 0 aliphatic rings. The fraction of sp³-hybridized carbons (Fsp3) is 0.778. The first kappa shape index (κ1) is 18.4. The van der Waals surface area contributed by atoms with Crippen LogP contribution in [0.3, 0.4) is 0 Å². The molecule has 0 radical (unpaired) electrons. The van der Waals surface area contributed by atoms with Crippen LogP contribution in [0.2, 0.25) is 0 Å². The summed E-state index contributed by atoms with van der Waals surface area (Å²) in [6.07, 6.45) is 10.2. The topological polar surface area (TPSA) is 26.0 Å². The Balaban J connectivity index is 4.74. The molecule has 0 fully saturated rings. The van der Waals surface area contributed by atoms with Gasteiger partial charge in [0.1, 0.15) is 0 Å². The van der Waals surface area contributed by atoms with Crippen molar-refractivity contribution in [3.8, 4) is 0 Å². The van der Waals surface area contributed by atoms with Gasteiger partial charge < -0.3 is 5.73 Å². The molecule has 112 valence electrons. The summed E-state index contributed by atoms with van der Waals surface area (Å²) in [6.45, 7) is 17.0. The highest BCUT2D eigenvalue weighted by Crippen LogP contribution is 2.35. The number of unbranched alkanes of at least 4 members (excludes halogenated alkanes) is 1. The van der Waals surface area contributed by atoms with Crippen molar-refractivity contribution in [3.63, 3.8) is 0 Å². The van der Waals surface area contributed by atoms with Gasteiger partial charge in [-0.25, -0.2) is 0 Å². The van der Waals surface area contributed by atoms with Crippen LogP contribution in [0.1, 0.15) is 59.8 Å². The third-order valence-corrected chi connectivity index (χ3v) is 4.49. The molecule has 0 aromatic rings. The Morgan fingerprint density at radius 1 is 1.11 bits per heavy atom. The summed E-state index contributed by atoms with van der Waals surface area (Å²) in [7, 11) is 0. The normalized spacial score (nSPS) is 19.2. The van der Waals surface area contributed by atoms with Gasteiger partial charge in [0.2, 0.25) is 0 Å². The van der Waals surface area contributed by atoms with Gasteiger partial charge >= 0.3 is 0 Å². The quantitative estimate of drug-likeness (QED) is 0.404. The van der Waals surface area contributed by atoms with Crippen molar-refractivity contribution in [2.75, 3.05) is 0 Å². The predicted octanol–water partition coefficient (Wildman–Crippen LogP) is 5.18. The highest BCUT2D eigenvalue weighted by molar-refractivity contribution is 4.91. The molecule has 0 saturated heterocycles. The third-order valence-electron chi connectivity index (χ3n) is 4.49. The molecule has 0 amide bonds. The van der Waals surface area contributed by atoms with Crippen LogP contribution in [0.5, 0.6) is 0 Å². The summed E-state index contributed by atoms with van der Waals surface area (Å²) in [5.41, 5.74) is 5.97. The van der Waals surface area contributed by atoms with Crippen LogP contribution in [-0.2, 0) is 0 Å². The Hall–Kier alpha value is -0.560. The third kappa shape index (κ3) is 6.96. The lowest BCUT2D eigenvalue weighted by Gasteiger charge is -2.34. The van der Waals surface area contributed by atoms with E-state index in [4.69, 9.17) is 5.73 Å². The van der Waals surface area contributed by atoms with Crippen LogP contribution >= 0.6 is 0 Å². The van der Waals surface area contributed by atoms with Crippen LogP contribution in [-0.4, -0.2) is 6.04 Å². The van der Waals surface area contributed by atoms with Gasteiger partial charge in [0, 0.05) is 6.04 Å². The van der Waals surface area contributed by atoms with E-state index in [2.05, 4.69) is 46.9 Å². The molecule has 0 aliphatic carbocycles. The minimum atomic E-state index is 0.281. The van der Waals surface area contributed by atoms with E-state index in [0.717, 1.165) is 24.7 Å². The van der Waals surface area contributed by atoms with Crippen molar-refractivity contribution in [2.24, 2.45) is 29.4 Å². The number of hydrogen-bond acceptors (Lipinski definition) is 1. The zero-order chi connectivity index (χ0) is 14.8. The van der Waals surface area contributed by atoms with Crippen molar-refractivity contribution in [3.05, 3.63) is 25.3 Å². The molecule has 5 atom stereocenters.